The maximum Gasteiger partial charge on any atom is 0.253 e. The average Bonchev–Trinajstić information content (AvgIpc) is 3.42. The molecule has 0 aromatic heterocycles. The molecular formula is C31H50N4O2. The maximum atomic E-state index is 13.4. The largest absolute Gasteiger partial charge is 0.355 e. The van der Waals surface area contributed by atoms with Gasteiger partial charge >= 0.3 is 0 Å². The predicted octanol–water partition coefficient (Wildman–Crippen LogP) is 4.68. The Morgan fingerprint density at radius 1 is 0.919 bits per heavy atom. The van der Waals surface area contributed by atoms with E-state index < -0.39 is 0 Å². The van der Waals surface area contributed by atoms with E-state index in [0.29, 0.717) is 25.0 Å². The fraction of sp³-hybridized carbons (Fsp3) is 0.742. The molecule has 2 amide bonds. The van der Waals surface area contributed by atoms with E-state index in [2.05, 4.69) is 54.9 Å². The number of piperazine rings is 1. The van der Waals surface area contributed by atoms with Gasteiger partial charge in [-0.3, -0.25) is 14.5 Å². The van der Waals surface area contributed by atoms with E-state index in [1.165, 1.54) is 44.2 Å². The van der Waals surface area contributed by atoms with Gasteiger partial charge in [0.2, 0.25) is 5.91 Å². The molecule has 1 aliphatic carbocycles. The molecule has 0 radical (unpaired) electrons. The normalized spacial score (nSPS) is 23.2. The van der Waals surface area contributed by atoms with Gasteiger partial charge in [-0.05, 0) is 74.6 Å². The number of carbonyl (C=O) groups is 2. The van der Waals surface area contributed by atoms with E-state index in [-0.39, 0.29) is 23.3 Å². The van der Waals surface area contributed by atoms with Crippen molar-refractivity contribution >= 4 is 11.8 Å². The Labute approximate surface area is 225 Å². The minimum atomic E-state index is -0.0558. The predicted molar refractivity (Wildman–Crippen MR) is 151 cm³/mol. The Bertz CT molecular complexity index is 879. The van der Waals surface area contributed by atoms with Crippen molar-refractivity contribution < 1.29 is 9.59 Å². The SMILES string of the molecule is CC1CCCCN1CCCNC(=O)C(C1CCCC1)N1CCN(C(=O)c2ccc(C(C)(C)C)cc2)CC1. The molecule has 0 spiro atoms. The number of likely N-dealkylation sites (tertiary alicyclic amines) is 1. The highest BCUT2D eigenvalue weighted by Crippen LogP contribution is 2.31. The van der Waals surface area contributed by atoms with Crippen LogP contribution in [0.5, 0.6) is 0 Å². The highest BCUT2D eigenvalue weighted by molar-refractivity contribution is 5.94. The Hall–Kier alpha value is -1.92. The van der Waals surface area contributed by atoms with Crippen LogP contribution >= 0.6 is 0 Å². The molecule has 2 aliphatic heterocycles. The van der Waals surface area contributed by atoms with Crippen molar-refractivity contribution in [2.45, 2.75) is 96.6 Å². The first-order valence-corrected chi connectivity index (χ1v) is 14.9. The summed E-state index contributed by atoms with van der Waals surface area (Å²) in [5.41, 5.74) is 2.08. The quantitative estimate of drug-likeness (QED) is 0.516. The van der Waals surface area contributed by atoms with Gasteiger partial charge in [0.15, 0.2) is 0 Å². The van der Waals surface area contributed by atoms with E-state index >= 15 is 0 Å². The van der Waals surface area contributed by atoms with Crippen LogP contribution in [-0.2, 0) is 10.2 Å². The number of hydrogen-bond acceptors (Lipinski definition) is 4. The van der Waals surface area contributed by atoms with Crippen molar-refractivity contribution in [1.82, 2.24) is 20.0 Å². The monoisotopic (exact) mass is 510 g/mol. The van der Waals surface area contributed by atoms with Crippen molar-refractivity contribution in [3.05, 3.63) is 35.4 Å². The average molecular weight is 511 g/mol. The van der Waals surface area contributed by atoms with Gasteiger partial charge in [0.05, 0.1) is 6.04 Å². The molecule has 2 atom stereocenters. The number of nitrogens with one attached hydrogen (secondary N) is 1. The first-order valence-electron chi connectivity index (χ1n) is 14.9. The first kappa shape index (κ1) is 28.1. The summed E-state index contributed by atoms with van der Waals surface area (Å²) in [4.78, 5) is 33.5. The zero-order valence-electron chi connectivity index (χ0n) is 23.8. The molecule has 37 heavy (non-hydrogen) atoms. The minimum Gasteiger partial charge on any atom is -0.355 e. The van der Waals surface area contributed by atoms with Crippen molar-refractivity contribution in [2.75, 3.05) is 45.8 Å². The smallest absolute Gasteiger partial charge is 0.253 e. The highest BCUT2D eigenvalue weighted by Gasteiger charge is 2.37. The van der Waals surface area contributed by atoms with Crippen LogP contribution in [0, 0.1) is 5.92 Å². The van der Waals surface area contributed by atoms with Crippen LogP contribution in [0.1, 0.15) is 95.0 Å². The van der Waals surface area contributed by atoms with E-state index in [9.17, 15) is 9.59 Å². The number of rotatable bonds is 8. The third-order valence-electron chi connectivity index (χ3n) is 8.97. The summed E-state index contributed by atoms with van der Waals surface area (Å²) in [5, 5.41) is 3.30. The number of carbonyl (C=O) groups excluding carboxylic acids is 2. The number of hydrogen-bond donors (Lipinski definition) is 1. The van der Waals surface area contributed by atoms with Gasteiger partial charge in [-0.2, -0.15) is 0 Å². The maximum absolute atomic E-state index is 13.4. The van der Waals surface area contributed by atoms with E-state index in [1.54, 1.807) is 0 Å². The summed E-state index contributed by atoms with van der Waals surface area (Å²) in [6.07, 6.45) is 9.70. The summed E-state index contributed by atoms with van der Waals surface area (Å²) in [6.45, 7) is 14.8. The van der Waals surface area contributed by atoms with Gasteiger partial charge in [-0.1, -0.05) is 52.2 Å². The van der Waals surface area contributed by atoms with Crippen LogP contribution in [0.4, 0.5) is 0 Å². The molecule has 6 nitrogen and oxygen atoms in total. The summed E-state index contributed by atoms with van der Waals surface area (Å²) in [7, 11) is 0. The van der Waals surface area contributed by atoms with Crippen LogP contribution in [0.25, 0.3) is 0 Å². The van der Waals surface area contributed by atoms with Crippen LogP contribution < -0.4 is 5.32 Å². The van der Waals surface area contributed by atoms with Crippen LogP contribution in [0.15, 0.2) is 24.3 Å². The highest BCUT2D eigenvalue weighted by atomic mass is 16.2. The molecule has 206 valence electrons. The molecule has 3 aliphatic rings. The number of benzene rings is 1. The molecule has 1 aromatic carbocycles. The van der Waals surface area contributed by atoms with E-state index in [4.69, 9.17) is 0 Å². The second-order valence-electron chi connectivity index (χ2n) is 12.7. The fourth-order valence-electron chi connectivity index (χ4n) is 6.54. The minimum absolute atomic E-state index is 0.0558. The molecular weight excluding hydrogens is 460 g/mol. The van der Waals surface area contributed by atoms with Gasteiger partial charge in [0, 0.05) is 50.9 Å². The molecule has 1 saturated carbocycles. The summed E-state index contributed by atoms with van der Waals surface area (Å²) in [6, 6.07) is 8.71. The number of piperidine rings is 1. The molecule has 0 bridgehead atoms. The Balaban J connectivity index is 1.29. The lowest BCUT2D eigenvalue weighted by atomic mass is 9.86. The summed E-state index contributed by atoms with van der Waals surface area (Å²) < 4.78 is 0. The van der Waals surface area contributed by atoms with Crippen LogP contribution in [0.2, 0.25) is 0 Å². The van der Waals surface area contributed by atoms with Crippen molar-refractivity contribution in [2.24, 2.45) is 5.92 Å². The van der Waals surface area contributed by atoms with Crippen molar-refractivity contribution in [1.29, 1.82) is 0 Å². The summed E-state index contributed by atoms with van der Waals surface area (Å²) >= 11 is 0. The molecule has 4 rings (SSSR count). The molecule has 2 heterocycles. The Morgan fingerprint density at radius 2 is 1.57 bits per heavy atom. The third kappa shape index (κ3) is 7.35. The Kier molecular flexibility index (Phi) is 9.68. The molecule has 1 N–H and O–H groups in total. The van der Waals surface area contributed by atoms with Crippen molar-refractivity contribution in [3.8, 4) is 0 Å². The van der Waals surface area contributed by atoms with Crippen LogP contribution in [-0.4, -0.2) is 84.4 Å². The Morgan fingerprint density at radius 3 is 2.19 bits per heavy atom. The van der Waals surface area contributed by atoms with Gasteiger partial charge < -0.3 is 15.1 Å². The number of amides is 2. The second kappa shape index (κ2) is 12.8. The standard InChI is InChI=1S/C31H50N4O2/c1-24-10-7-8-18-33(24)19-9-17-32-29(36)28(25-11-5-6-12-25)34-20-22-35(23-21-34)30(37)26-13-15-27(16-14-26)31(2,3)4/h13-16,24-25,28H,5-12,17-23H2,1-4H3,(H,32,36). The summed E-state index contributed by atoms with van der Waals surface area (Å²) in [5.74, 6) is 0.749. The zero-order chi connectivity index (χ0) is 26.4. The molecule has 1 aromatic rings. The third-order valence-corrected chi connectivity index (χ3v) is 8.97. The van der Waals surface area contributed by atoms with Crippen molar-refractivity contribution in [3.63, 3.8) is 0 Å². The van der Waals surface area contributed by atoms with Crippen LogP contribution in [0.3, 0.4) is 0 Å². The van der Waals surface area contributed by atoms with E-state index in [0.717, 1.165) is 51.0 Å². The fourth-order valence-corrected chi connectivity index (χ4v) is 6.54. The second-order valence-corrected chi connectivity index (χ2v) is 12.7. The zero-order valence-corrected chi connectivity index (χ0v) is 23.8. The lowest BCUT2D eigenvalue weighted by Gasteiger charge is -2.41. The lowest BCUT2D eigenvalue weighted by Crippen LogP contribution is -2.58. The first-order chi connectivity index (χ1) is 17.7. The molecule has 3 fully saturated rings. The van der Waals surface area contributed by atoms with Gasteiger partial charge in [-0.15, -0.1) is 0 Å². The molecule has 2 unspecified atom stereocenters. The number of nitrogens with zero attached hydrogens (tertiary/aromatic N) is 3. The molecule has 6 heteroatoms. The topological polar surface area (TPSA) is 55.9 Å². The molecule has 2 saturated heterocycles. The van der Waals surface area contributed by atoms with Gasteiger partial charge in [0.25, 0.3) is 5.91 Å². The lowest BCUT2D eigenvalue weighted by molar-refractivity contribution is -0.129. The van der Waals surface area contributed by atoms with Gasteiger partial charge in [-0.25, -0.2) is 0 Å². The van der Waals surface area contributed by atoms with E-state index in [1.807, 2.05) is 17.0 Å². The van der Waals surface area contributed by atoms with Gasteiger partial charge in [0.1, 0.15) is 0 Å².